The molecule has 1 aliphatic heterocycles. The Kier molecular flexibility index (Phi) is 5.24. The molecule has 1 amide bonds. The van der Waals surface area contributed by atoms with Gasteiger partial charge in [-0.15, -0.1) is 4.68 Å². The molecular formula is C16H26N4O5. The number of carbonyl (C=O) groups excluding carboxylic acids is 1. The standard InChI is InChI=1S/C16H26N4O5/c1-10-7-19(15(21)25-16(3,4)5)8-12(10)9-24-13-11(2)17-18(6)14(13)20(22)23/h10,12H,7-9H2,1-6H3/t10-,12+/m1/s1. The predicted octanol–water partition coefficient (Wildman–Crippen LogP) is 2.52. The van der Waals surface area contributed by atoms with Crippen LogP contribution in [0.2, 0.25) is 0 Å². The van der Waals surface area contributed by atoms with Gasteiger partial charge in [0.2, 0.25) is 5.75 Å². The number of nitro groups is 1. The number of amides is 1. The molecule has 2 heterocycles. The van der Waals surface area contributed by atoms with E-state index in [2.05, 4.69) is 5.10 Å². The number of aryl methyl sites for hydroxylation is 2. The molecule has 0 aromatic carbocycles. The van der Waals surface area contributed by atoms with Gasteiger partial charge in [-0.05, 0) is 38.5 Å². The van der Waals surface area contributed by atoms with E-state index >= 15 is 0 Å². The van der Waals surface area contributed by atoms with E-state index in [4.69, 9.17) is 9.47 Å². The van der Waals surface area contributed by atoms with Gasteiger partial charge in [-0.25, -0.2) is 4.79 Å². The number of carbonyl (C=O) groups is 1. The molecule has 1 aromatic heterocycles. The van der Waals surface area contributed by atoms with E-state index in [1.54, 1.807) is 11.8 Å². The lowest BCUT2D eigenvalue weighted by Crippen LogP contribution is -2.35. The molecule has 9 heteroatoms. The average molecular weight is 354 g/mol. The molecule has 0 saturated carbocycles. The summed E-state index contributed by atoms with van der Waals surface area (Å²) in [6, 6.07) is 0. The van der Waals surface area contributed by atoms with Gasteiger partial charge in [-0.3, -0.25) is 0 Å². The molecule has 1 fully saturated rings. The monoisotopic (exact) mass is 354 g/mol. The summed E-state index contributed by atoms with van der Waals surface area (Å²) >= 11 is 0. The summed E-state index contributed by atoms with van der Waals surface area (Å²) in [6.07, 6.45) is -0.342. The van der Waals surface area contributed by atoms with E-state index in [0.29, 0.717) is 18.8 Å². The first-order valence-corrected chi connectivity index (χ1v) is 8.28. The Morgan fingerprint density at radius 1 is 1.40 bits per heavy atom. The summed E-state index contributed by atoms with van der Waals surface area (Å²) < 4.78 is 12.3. The first-order chi connectivity index (χ1) is 11.5. The van der Waals surface area contributed by atoms with Crippen molar-refractivity contribution in [2.75, 3.05) is 19.7 Å². The third kappa shape index (κ3) is 4.40. The summed E-state index contributed by atoms with van der Waals surface area (Å²) in [4.78, 5) is 24.5. The topological polar surface area (TPSA) is 99.7 Å². The highest BCUT2D eigenvalue weighted by atomic mass is 16.6. The van der Waals surface area contributed by atoms with Crippen molar-refractivity contribution in [1.29, 1.82) is 0 Å². The van der Waals surface area contributed by atoms with Crippen molar-refractivity contribution >= 4 is 11.9 Å². The SMILES string of the molecule is Cc1nn(C)c([N+](=O)[O-])c1OC[C@@H]1CN(C(=O)OC(C)(C)C)C[C@H]1C. The number of ether oxygens (including phenoxy) is 2. The summed E-state index contributed by atoms with van der Waals surface area (Å²) in [7, 11) is 1.51. The van der Waals surface area contributed by atoms with Gasteiger partial charge in [0.15, 0.2) is 0 Å². The van der Waals surface area contributed by atoms with Crippen molar-refractivity contribution in [1.82, 2.24) is 14.7 Å². The first-order valence-electron chi connectivity index (χ1n) is 8.28. The van der Waals surface area contributed by atoms with Gasteiger partial charge in [0.05, 0.1) is 6.61 Å². The summed E-state index contributed by atoms with van der Waals surface area (Å²) in [5.74, 6) is 0.317. The highest BCUT2D eigenvalue weighted by Crippen LogP contribution is 2.32. The molecule has 0 N–H and O–H groups in total. The minimum absolute atomic E-state index is 0.0757. The molecule has 140 valence electrons. The molecule has 0 unspecified atom stereocenters. The molecule has 1 saturated heterocycles. The molecule has 0 aliphatic carbocycles. The molecule has 0 spiro atoms. The van der Waals surface area contributed by atoms with Crippen LogP contribution in [-0.4, -0.2) is 51.0 Å². The predicted molar refractivity (Wildman–Crippen MR) is 90.6 cm³/mol. The fourth-order valence-electron chi connectivity index (χ4n) is 2.91. The maximum absolute atomic E-state index is 12.2. The largest absolute Gasteiger partial charge is 0.484 e. The highest BCUT2D eigenvalue weighted by molar-refractivity contribution is 5.68. The second-order valence-electron chi connectivity index (χ2n) is 7.55. The molecule has 1 aliphatic rings. The zero-order chi connectivity index (χ0) is 18.9. The molecule has 25 heavy (non-hydrogen) atoms. The lowest BCUT2D eigenvalue weighted by molar-refractivity contribution is -0.393. The van der Waals surface area contributed by atoms with Crippen LogP contribution in [0.1, 0.15) is 33.4 Å². The van der Waals surface area contributed by atoms with Crippen LogP contribution in [0.4, 0.5) is 10.6 Å². The van der Waals surface area contributed by atoms with Gasteiger partial charge < -0.3 is 24.5 Å². The van der Waals surface area contributed by atoms with Crippen molar-refractivity contribution in [2.24, 2.45) is 18.9 Å². The first kappa shape index (κ1) is 19.0. The summed E-state index contributed by atoms with van der Waals surface area (Å²) in [5.41, 5.74) is -0.0636. The number of rotatable bonds is 4. The van der Waals surface area contributed by atoms with E-state index in [-0.39, 0.29) is 36.1 Å². The van der Waals surface area contributed by atoms with Crippen molar-refractivity contribution in [3.63, 3.8) is 0 Å². The third-order valence-electron chi connectivity index (χ3n) is 4.17. The minimum atomic E-state index is -0.539. The van der Waals surface area contributed by atoms with E-state index < -0.39 is 10.5 Å². The van der Waals surface area contributed by atoms with Crippen LogP contribution in [0, 0.1) is 28.9 Å². The average Bonchev–Trinajstić information content (AvgIpc) is 2.94. The number of hydrogen-bond acceptors (Lipinski definition) is 6. The normalized spacial score (nSPS) is 20.6. The van der Waals surface area contributed by atoms with E-state index in [0.717, 1.165) is 0 Å². The lowest BCUT2D eigenvalue weighted by atomic mass is 9.99. The van der Waals surface area contributed by atoms with Crippen LogP contribution in [-0.2, 0) is 11.8 Å². The quantitative estimate of drug-likeness (QED) is 0.608. The molecule has 9 nitrogen and oxygen atoms in total. The smallest absolute Gasteiger partial charge is 0.410 e. The van der Waals surface area contributed by atoms with Crippen LogP contribution in [0.5, 0.6) is 5.75 Å². The van der Waals surface area contributed by atoms with Crippen molar-refractivity contribution in [3.8, 4) is 5.75 Å². The van der Waals surface area contributed by atoms with Crippen LogP contribution in [0.15, 0.2) is 0 Å². The molecule has 2 atom stereocenters. The maximum atomic E-state index is 12.2. The van der Waals surface area contributed by atoms with Crippen LogP contribution in [0.3, 0.4) is 0 Å². The molecule has 0 radical (unpaired) electrons. The van der Waals surface area contributed by atoms with E-state index in [1.807, 2.05) is 27.7 Å². The number of hydrogen-bond donors (Lipinski definition) is 0. The van der Waals surface area contributed by atoms with E-state index in [1.165, 1.54) is 11.7 Å². The second kappa shape index (κ2) is 6.89. The summed E-state index contributed by atoms with van der Waals surface area (Å²) in [6.45, 7) is 10.6. The molecule has 0 bridgehead atoms. The van der Waals surface area contributed by atoms with Crippen LogP contribution in [0.25, 0.3) is 0 Å². The number of nitrogens with zero attached hydrogens (tertiary/aromatic N) is 4. The Balaban J connectivity index is 2.01. The van der Waals surface area contributed by atoms with Crippen molar-refractivity contribution < 1.29 is 19.2 Å². The maximum Gasteiger partial charge on any atom is 0.410 e. The van der Waals surface area contributed by atoms with E-state index in [9.17, 15) is 14.9 Å². The minimum Gasteiger partial charge on any atom is -0.484 e. The zero-order valence-electron chi connectivity index (χ0n) is 15.6. The van der Waals surface area contributed by atoms with Crippen LogP contribution >= 0.6 is 0 Å². The molecular weight excluding hydrogens is 328 g/mol. The fourth-order valence-corrected chi connectivity index (χ4v) is 2.91. The van der Waals surface area contributed by atoms with Gasteiger partial charge in [-0.2, -0.15) is 0 Å². The highest BCUT2D eigenvalue weighted by Gasteiger charge is 2.36. The second-order valence-corrected chi connectivity index (χ2v) is 7.55. The van der Waals surface area contributed by atoms with Crippen molar-refractivity contribution in [3.05, 3.63) is 15.8 Å². The van der Waals surface area contributed by atoms with Gasteiger partial charge in [0, 0.05) is 19.0 Å². The summed E-state index contributed by atoms with van der Waals surface area (Å²) in [5, 5.41) is 15.2. The third-order valence-corrected chi connectivity index (χ3v) is 4.17. The fraction of sp³-hybridized carbons (Fsp3) is 0.750. The Morgan fingerprint density at radius 2 is 2.04 bits per heavy atom. The Bertz CT molecular complexity index is 664. The molecule has 2 rings (SSSR count). The van der Waals surface area contributed by atoms with Crippen molar-refractivity contribution in [2.45, 2.75) is 40.2 Å². The zero-order valence-corrected chi connectivity index (χ0v) is 15.6. The Hall–Kier alpha value is -2.32. The van der Waals surface area contributed by atoms with Gasteiger partial charge >= 0.3 is 11.9 Å². The lowest BCUT2D eigenvalue weighted by Gasteiger charge is -2.24. The van der Waals surface area contributed by atoms with Gasteiger partial charge in [0.1, 0.15) is 18.3 Å². The Morgan fingerprint density at radius 3 is 2.60 bits per heavy atom. The molecule has 1 aromatic rings. The van der Waals surface area contributed by atoms with Gasteiger partial charge in [-0.1, -0.05) is 12.0 Å². The van der Waals surface area contributed by atoms with Crippen LogP contribution < -0.4 is 4.74 Å². The number of aromatic nitrogens is 2. The Labute approximate surface area is 147 Å². The van der Waals surface area contributed by atoms with Gasteiger partial charge in [0.25, 0.3) is 0 Å². The number of likely N-dealkylation sites (tertiary alicyclic amines) is 1.